The maximum Gasteiger partial charge on any atom is 0.0914 e. The molecule has 1 aromatic rings. The zero-order chi connectivity index (χ0) is 12.0. The van der Waals surface area contributed by atoms with Crippen LogP contribution < -0.4 is 5.32 Å². The monoisotopic (exact) mass is 221 g/mol. The lowest BCUT2D eigenvalue weighted by Gasteiger charge is -2.13. The fraction of sp³-hybridized carbons (Fsp3) is 0.571. The van der Waals surface area contributed by atoms with E-state index in [-0.39, 0.29) is 0 Å². The van der Waals surface area contributed by atoms with E-state index in [2.05, 4.69) is 26.1 Å². The first kappa shape index (κ1) is 13.2. The van der Waals surface area contributed by atoms with Gasteiger partial charge in [-0.1, -0.05) is 43.7 Å². The highest BCUT2D eigenvalue weighted by molar-refractivity contribution is 5.23. The molecule has 0 bridgehead atoms. The summed E-state index contributed by atoms with van der Waals surface area (Å²) in [6.07, 6.45) is 0.758. The summed E-state index contributed by atoms with van der Waals surface area (Å²) in [6, 6.07) is 8.05. The number of aryl methyl sites for hydroxylation is 1. The molecule has 0 heterocycles. The van der Waals surface area contributed by atoms with E-state index < -0.39 is 6.10 Å². The predicted octanol–water partition coefficient (Wildman–Crippen LogP) is 2.66. The second-order valence-corrected chi connectivity index (χ2v) is 4.81. The molecule has 90 valence electrons. The average molecular weight is 221 g/mol. The third-order valence-electron chi connectivity index (χ3n) is 2.70. The highest BCUT2D eigenvalue weighted by Crippen LogP contribution is 2.12. The Morgan fingerprint density at radius 1 is 1.19 bits per heavy atom. The van der Waals surface area contributed by atoms with Crippen LogP contribution in [0, 0.1) is 12.8 Å². The van der Waals surface area contributed by atoms with Crippen LogP contribution in [0.2, 0.25) is 0 Å². The van der Waals surface area contributed by atoms with Crippen molar-refractivity contribution in [1.29, 1.82) is 0 Å². The molecule has 1 rings (SSSR count). The van der Waals surface area contributed by atoms with E-state index in [1.807, 2.05) is 24.3 Å². The van der Waals surface area contributed by atoms with Gasteiger partial charge >= 0.3 is 0 Å². The maximum atomic E-state index is 9.91. The van der Waals surface area contributed by atoms with E-state index >= 15 is 0 Å². The molecule has 0 spiro atoms. The fourth-order valence-electron chi connectivity index (χ4n) is 1.54. The van der Waals surface area contributed by atoms with E-state index in [4.69, 9.17) is 0 Å². The summed E-state index contributed by atoms with van der Waals surface area (Å²) in [5.41, 5.74) is 2.21. The van der Waals surface area contributed by atoms with Crippen LogP contribution in [0.25, 0.3) is 0 Å². The Balaban J connectivity index is 2.29. The molecule has 16 heavy (non-hydrogen) atoms. The molecule has 2 nitrogen and oxygen atoms in total. The molecule has 1 aromatic carbocycles. The number of hydrogen-bond donors (Lipinski definition) is 2. The first-order chi connectivity index (χ1) is 7.59. The Bertz CT molecular complexity index is 292. The smallest absolute Gasteiger partial charge is 0.0914 e. The van der Waals surface area contributed by atoms with Crippen molar-refractivity contribution in [2.75, 3.05) is 13.1 Å². The van der Waals surface area contributed by atoms with Gasteiger partial charge in [0, 0.05) is 6.54 Å². The second kappa shape index (κ2) is 6.66. The third-order valence-corrected chi connectivity index (χ3v) is 2.70. The highest BCUT2D eigenvalue weighted by atomic mass is 16.3. The highest BCUT2D eigenvalue weighted by Gasteiger charge is 2.06. The number of benzene rings is 1. The van der Waals surface area contributed by atoms with Gasteiger partial charge in [0.15, 0.2) is 0 Å². The first-order valence-corrected chi connectivity index (χ1v) is 6.05. The number of aliphatic hydroxyl groups excluding tert-OH is 1. The van der Waals surface area contributed by atoms with Crippen LogP contribution in [0.4, 0.5) is 0 Å². The van der Waals surface area contributed by atoms with Crippen molar-refractivity contribution in [3.8, 4) is 0 Å². The van der Waals surface area contributed by atoms with Crippen LogP contribution in [-0.4, -0.2) is 18.2 Å². The van der Waals surface area contributed by atoms with Gasteiger partial charge in [-0.15, -0.1) is 0 Å². The van der Waals surface area contributed by atoms with Crippen molar-refractivity contribution in [3.05, 3.63) is 35.4 Å². The lowest BCUT2D eigenvalue weighted by molar-refractivity contribution is 0.174. The Hall–Kier alpha value is -0.860. The number of rotatable bonds is 6. The zero-order valence-electron chi connectivity index (χ0n) is 10.5. The van der Waals surface area contributed by atoms with Crippen molar-refractivity contribution in [2.45, 2.75) is 33.3 Å². The van der Waals surface area contributed by atoms with Crippen LogP contribution in [0.5, 0.6) is 0 Å². The van der Waals surface area contributed by atoms with E-state index in [1.54, 1.807) is 0 Å². The van der Waals surface area contributed by atoms with E-state index in [0.29, 0.717) is 12.5 Å². The van der Waals surface area contributed by atoms with Crippen molar-refractivity contribution in [3.63, 3.8) is 0 Å². The molecular formula is C14H23NO. The van der Waals surface area contributed by atoms with E-state index in [0.717, 1.165) is 18.5 Å². The Kier molecular flexibility index (Phi) is 5.50. The summed E-state index contributed by atoms with van der Waals surface area (Å²) in [5, 5.41) is 13.2. The number of nitrogens with one attached hydrogen (secondary N) is 1. The van der Waals surface area contributed by atoms with Crippen molar-refractivity contribution >= 4 is 0 Å². The lowest BCUT2D eigenvalue weighted by atomic mass is 10.1. The molecule has 0 aliphatic carbocycles. The summed E-state index contributed by atoms with van der Waals surface area (Å²) in [4.78, 5) is 0. The minimum Gasteiger partial charge on any atom is -0.387 e. The van der Waals surface area contributed by atoms with E-state index in [9.17, 15) is 5.11 Å². The molecule has 1 unspecified atom stereocenters. The van der Waals surface area contributed by atoms with Gasteiger partial charge in [0.25, 0.3) is 0 Å². The number of aliphatic hydroxyl groups is 1. The Labute approximate surface area is 98.7 Å². The zero-order valence-corrected chi connectivity index (χ0v) is 10.5. The minimum atomic E-state index is -0.396. The SMILES string of the molecule is Cc1ccc(C(O)CNCCC(C)C)cc1. The average Bonchev–Trinajstić information content (AvgIpc) is 2.25. The van der Waals surface area contributed by atoms with Gasteiger partial charge in [0.2, 0.25) is 0 Å². The molecule has 0 aliphatic rings. The second-order valence-electron chi connectivity index (χ2n) is 4.81. The van der Waals surface area contributed by atoms with E-state index in [1.165, 1.54) is 5.56 Å². The largest absolute Gasteiger partial charge is 0.387 e. The molecule has 0 saturated heterocycles. The molecule has 1 atom stereocenters. The summed E-state index contributed by atoms with van der Waals surface area (Å²) in [5.74, 6) is 0.712. The minimum absolute atomic E-state index is 0.396. The predicted molar refractivity (Wildman–Crippen MR) is 68.5 cm³/mol. The van der Waals surface area contributed by atoms with Gasteiger partial charge < -0.3 is 10.4 Å². The molecule has 0 aromatic heterocycles. The maximum absolute atomic E-state index is 9.91. The van der Waals surface area contributed by atoms with Gasteiger partial charge in [-0.3, -0.25) is 0 Å². The van der Waals surface area contributed by atoms with Crippen LogP contribution >= 0.6 is 0 Å². The third kappa shape index (κ3) is 4.77. The lowest BCUT2D eigenvalue weighted by Crippen LogP contribution is -2.23. The van der Waals surface area contributed by atoms with Crippen molar-refractivity contribution < 1.29 is 5.11 Å². The molecule has 0 saturated carbocycles. The molecule has 0 radical (unpaired) electrons. The van der Waals surface area contributed by atoms with Crippen LogP contribution in [0.15, 0.2) is 24.3 Å². The summed E-state index contributed by atoms with van der Waals surface area (Å²) < 4.78 is 0. The van der Waals surface area contributed by atoms with Gasteiger partial charge in [-0.05, 0) is 31.4 Å². The normalized spacial score (nSPS) is 13.1. The Morgan fingerprint density at radius 2 is 1.81 bits per heavy atom. The van der Waals surface area contributed by atoms with Gasteiger partial charge in [-0.2, -0.15) is 0 Å². The summed E-state index contributed by atoms with van der Waals surface area (Å²) >= 11 is 0. The standard InChI is InChI=1S/C14H23NO/c1-11(2)8-9-15-10-14(16)13-6-4-12(3)5-7-13/h4-7,11,14-16H,8-10H2,1-3H3. The molecule has 0 aliphatic heterocycles. The summed E-state index contributed by atoms with van der Waals surface area (Å²) in [6.45, 7) is 8.07. The van der Waals surface area contributed by atoms with Gasteiger partial charge in [-0.25, -0.2) is 0 Å². The molecule has 0 fully saturated rings. The van der Waals surface area contributed by atoms with Crippen LogP contribution in [-0.2, 0) is 0 Å². The summed E-state index contributed by atoms with van der Waals surface area (Å²) in [7, 11) is 0. The van der Waals surface area contributed by atoms with Crippen molar-refractivity contribution in [1.82, 2.24) is 5.32 Å². The molecular weight excluding hydrogens is 198 g/mol. The van der Waals surface area contributed by atoms with Crippen molar-refractivity contribution in [2.24, 2.45) is 5.92 Å². The van der Waals surface area contributed by atoms with Crippen LogP contribution in [0.3, 0.4) is 0 Å². The van der Waals surface area contributed by atoms with Gasteiger partial charge in [0.05, 0.1) is 6.10 Å². The number of hydrogen-bond acceptors (Lipinski definition) is 2. The molecule has 2 heteroatoms. The first-order valence-electron chi connectivity index (χ1n) is 6.05. The fourth-order valence-corrected chi connectivity index (χ4v) is 1.54. The Morgan fingerprint density at radius 3 is 2.38 bits per heavy atom. The van der Waals surface area contributed by atoms with Gasteiger partial charge in [0.1, 0.15) is 0 Å². The van der Waals surface area contributed by atoms with Crippen LogP contribution in [0.1, 0.15) is 37.5 Å². The quantitative estimate of drug-likeness (QED) is 0.724. The molecule has 2 N–H and O–H groups in total. The molecule has 0 amide bonds. The topological polar surface area (TPSA) is 32.3 Å².